The third kappa shape index (κ3) is 3.05. The molecular formula is C12H13Cl2NO2. The molecule has 1 amide bonds. The van der Waals surface area contributed by atoms with E-state index in [-0.39, 0.29) is 22.4 Å². The lowest BCUT2D eigenvalue weighted by molar-refractivity contribution is -0.117. The standard InChI is InChI=1S/C12H13Cl2NO2/c13-8-5-9(14)12(17)10(6-8)15-11(16)4-7-2-1-3-7/h5-7,17H,1-4H2,(H,15,16). The highest BCUT2D eigenvalue weighted by atomic mass is 35.5. The lowest BCUT2D eigenvalue weighted by atomic mass is 9.83. The van der Waals surface area contributed by atoms with Crippen molar-refractivity contribution in [2.45, 2.75) is 25.7 Å². The van der Waals surface area contributed by atoms with Crippen LogP contribution in [0.25, 0.3) is 0 Å². The maximum absolute atomic E-state index is 11.7. The average Bonchev–Trinajstić information content (AvgIpc) is 2.19. The number of phenols is 1. The normalized spacial score (nSPS) is 15.4. The van der Waals surface area contributed by atoms with Crippen LogP contribution in [0.15, 0.2) is 12.1 Å². The summed E-state index contributed by atoms with van der Waals surface area (Å²) in [6.45, 7) is 0. The third-order valence-corrected chi connectivity index (χ3v) is 3.51. The molecule has 2 rings (SSSR count). The number of anilines is 1. The Balaban J connectivity index is 2.04. The molecule has 1 aliphatic rings. The number of benzene rings is 1. The molecule has 0 radical (unpaired) electrons. The van der Waals surface area contributed by atoms with Crippen molar-refractivity contribution in [3.8, 4) is 5.75 Å². The number of hydrogen-bond acceptors (Lipinski definition) is 2. The lowest BCUT2D eigenvalue weighted by Crippen LogP contribution is -2.20. The zero-order chi connectivity index (χ0) is 12.4. The molecule has 0 aromatic heterocycles. The Labute approximate surface area is 110 Å². The Morgan fingerprint density at radius 2 is 2.12 bits per heavy atom. The highest BCUT2D eigenvalue weighted by Crippen LogP contribution is 2.36. The number of phenolic OH excluding ortho intramolecular Hbond substituents is 1. The Morgan fingerprint density at radius 1 is 1.41 bits per heavy atom. The van der Waals surface area contributed by atoms with Crippen molar-refractivity contribution in [2.75, 3.05) is 5.32 Å². The summed E-state index contributed by atoms with van der Waals surface area (Å²) in [5.74, 6) is 0.230. The highest BCUT2D eigenvalue weighted by molar-refractivity contribution is 6.36. The van der Waals surface area contributed by atoms with Crippen molar-refractivity contribution in [2.24, 2.45) is 5.92 Å². The van der Waals surface area contributed by atoms with E-state index < -0.39 is 0 Å². The van der Waals surface area contributed by atoms with Gasteiger partial charge in [-0.3, -0.25) is 4.79 Å². The molecule has 3 nitrogen and oxygen atoms in total. The second-order valence-electron chi connectivity index (χ2n) is 4.33. The minimum atomic E-state index is -0.141. The summed E-state index contributed by atoms with van der Waals surface area (Å²) in [5.41, 5.74) is 0.270. The number of amides is 1. The average molecular weight is 274 g/mol. The smallest absolute Gasteiger partial charge is 0.224 e. The van der Waals surface area contributed by atoms with E-state index >= 15 is 0 Å². The molecular weight excluding hydrogens is 261 g/mol. The fourth-order valence-corrected chi connectivity index (χ4v) is 2.32. The first-order valence-corrected chi connectivity index (χ1v) is 6.29. The van der Waals surface area contributed by atoms with Crippen LogP contribution in [0.5, 0.6) is 5.75 Å². The van der Waals surface area contributed by atoms with Crippen LogP contribution in [0.2, 0.25) is 10.0 Å². The molecule has 0 saturated heterocycles. The van der Waals surface area contributed by atoms with Crippen molar-refractivity contribution in [1.82, 2.24) is 0 Å². The minimum Gasteiger partial charge on any atom is -0.504 e. The number of halogens is 2. The molecule has 0 spiro atoms. The van der Waals surface area contributed by atoms with Crippen LogP contribution in [-0.4, -0.2) is 11.0 Å². The van der Waals surface area contributed by atoms with E-state index in [0.717, 1.165) is 12.8 Å². The summed E-state index contributed by atoms with van der Waals surface area (Å²) in [5, 5.41) is 12.8. The first kappa shape index (κ1) is 12.5. The van der Waals surface area contributed by atoms with Gasteiger partial charge in [-0.15, -0.1) is 0 Å². The van der Waals surface area contributed by atoms with Gasteiger partial charge >= 0.3 is 0 Å². The number of rotatable bonds is 3. The lowest BCUT2D eigenvalue weighted by Gasteiger charge is -2.24. The van der Waals surface area contributed by atoms with E-state index in [1.54, 1.807) is 0 Å². The predicted molar refractivity (Wildman–Crippen MR) is 68.7 cm³/mol. The van der Waals surface area contributed by atoms with Gasteiger partial charge in [-0.25, -0.2) is 0 Å². The number of nitrogens with one attached hydrogen (secondary N) is 1. The largest absolute Gasteiger partial charge is 0.504 e. The SMILES string of the molecule is O=C(CC1CCC1)Nc1cc(Cl)cc(Cl)c1O. The van der Waals surface area contributed by atoms with Gasteiger partial charge in [0.2, 0.25) is 5.91 Å². The summed E-state index contributed by atoms with van der Waals surface area (Å²) in [7, 11) is 0. The van der Waals surface area contributed by atoms with Gasteiger partial charge in [0.25, 0.3) is 0 Å². The summed E-state index contributed by atoms with van der Waals surface area (Å²) >= 11 is 11.6. The van der Waals surface area contributed by atoms with Crippen LogP contribution >= 0.6 is 23.2 Å². The fourth-order valence-electron chi connectivity index (χ4n) is 1.82. The zero-order valence-electron chi connectivity index (χ0n) is 9.17. The van der Waals surface area contributed by atoms with Gasteiger partial charge in [0.05, 0.1) is 10.7 Å². The number of carbonyl (C=O) groups excluding carboxylic acids is 1. The van der Waals surface area contributed by atoms with Crippen LogP contribution in [0.1, 0.15) is 25.7 Å². The highest BCUT2D eigenvalue weighted by Gasteiger charge is 2.21. The van der Waals surface area contributed by atoms with Crippen molar-refractivity contribution in [3.05, 3.63) is 22.2 Å². The van der Waals surface area contributed by atoms with E-state index in [1.807, 2.05) is 0 Å². The molecule has 1 saturated carbocycles. The van der Waals surface area contributed by atoms with E-state index in [2.05, 4.69) is 5.32 Å². The van der Waals surface area contributed by atoms with E-state index in [9.17, 15) is 9.90 Å². The van der Waals surface area contributed by atoms with Gasteiger partial charge in [0.15, 0.2) is 5.75 Å². The Kier molecular flexibility index (Phi) is 3.79. The second-order valence-corrected chi connectivity index (χ2v) is 5.18. The summed E-state index contributed by atoms with van der Waals surface area (Å²) in [4.78, 5) is 11.7. The summed E-state index contributed by atoms with van der Waals surface area (Å²) in [6.07, 6.45) is 3.90. The van der Waals surface area contributed by atoms with Crippen LogP contribution in [0, 0.1) is 5.92 Å². The van der Waals surface area contributed by atoms with Crippen LogP contribution < -0.4 is 5.32 Å². The molecule has 1 aromatic rings. The third-order valence-electron chi connectivity index (χ3n) is 3.00. The van der Waals surface area contributed by atoms with Gasteiger partial charge < -0.3 is 10.4 Å². The van der Waals surface area contributed by atoms with E-state index in [4.69, 9.17) is 23.2 Å². The molecule has 0 aliphatic heterocycles. The molecule has 5 heteroatoms. The zero-order valence-corrected chi connectivity index (χ0v) is 10.7. The molecule has 92 valence electrons. The molecule has 17 heavy (non-hydrogen) atoms. The number of hydrogen-bond donors (Lipinski definition) is 2. The van der Waals surface area contributed by atoms with Crippen LogP contribution in [0.3, 0.4) is 0 Å². The maximum atomic E-state index is 11.7. The number of carbonyl (C=O) groups is 1. The van der Waals surface area contributed by atoms with Gasteiger partial charge in [-0.2, -0.15) is 0 Å². The topological polar surface area (TPSA) is 49.3 Å². The molecule has 0 heterocycles. The van der Waals surface area contributed by atoms with Crippen molar-refractivity contribution in [1.29, 1.82) is 0 Å². The van der Waals surface area contributed by atoms with Gasteiger partial charge in [0, 0.05) is 11.4 Å². The molecule has 2 N–H and O–H groups in total. The van der Waals surface area contributed by atoms with E-state index in [1.165, 1.54) is 18.6 Å². The van der Waals surface area contributed by atoms with Crippen molar-refractivity contribution < 1.29 is 9.90 Å². The minimum absolute atomic E-state index is 0.108. The molecule has 0 unspecified atom stereocenters. The quantitative estimate of drug-likeness (QED) is 0.823. The van der Waals surface area contributed by atoms with Gasteiger partial charge in [-0.05, 0) is 30.9 Å². The second kappa shape index (κ2) is 5.15. The summed E-state index contributed by atoms with van der Waals surface area (Å²) in [6, 6.07) is 2.92. The van der Waals surface area contributed by atoms with E-state index in [0.29, 0.717) is 17.4 Å². The molecule has 1 aromatic carbocycles. The molecule has 1 aliphatic carbocycles. The van der Waals surface area contributed by atoms with Crippen LogP contribution in [0.4, 0.5) is 5.69 Å². The first-order valence-electron chi connectivity index (χ1n) is 5.54. The Hall–Kier alpha value is -0.930. The van der Waals surface area contributed by atoms with Gasteiger partial charge in [-0.1, -0.05) is 29.6 Å². The van der Waals surface area contributed by atoms with Gasteiger partial charge in [0.1, 0.15) is 0 Å². The number of aromatic hydroxyl groups is 1. The first-order chi connectivity index (χ1) is 8.06. The van der Waals surface area contributed by atoms with Crippen molar-refractivity contribution >= 4 is 34.8 Å². The maximum Gasteiger partial charge on any atom is 0.224 e. The molecule has 0 atom stereocenters. The predicted octanol–water partition coefficient (Wildman–Crippen LogP) is 3.83. The molecule has 0 bridgehead atoms. The fraction of sp³-hybridized carbons (Fsp3) is 0.417. The Morgan fingerprint density at radius 3 is 2.71 bits per heavy atom. The van der Waals surface area contributed by atoms with Crippen LogP contribution in [-0.2, 0) is 4.79 Å². The summed E-state index contributed by atoms with van der Waals surface area (Å²) < 4.78 is 0. The van der Waals surface area contributed by atoms with Crippen molar-refractivity contribution in [3.63, 3.8) is 0 Å². The molecule has 1 fully saturated rings. The Bertz CT molecular complexity index is 444. The monoisotopic (exact) mass is 273 g/mol.